The van der Waals surface area contributed by atoms with Crippen LogP contribution in [0.4, 0.5) is 4.39 Å². The molecular formula is C27H38FN. The fraction of sp³-hybridized carbons (Fsp3) is 0.444. The molecule has 0 aromatic heterocycles. The fourth-order valence-corrected chi connectivity index (χ4v) is 2.83. The van der Waals surface area contributed by atoms with Gasteiger partial charge in [-0.15, -0.1) is 0 Å². The molecule has 2 heteroatoms. The van der Waals surface area contributed by atoms with Crippen LogP contribution >= 0.6 is 0 Å². The Morgan fingerprint density at radius 1 is 1.10 bits per heavy atom. The van der Waals surface area contributed by atoms with Gasteiger partial charge in [0.25, 0.3) is 0 Å². The van der Waals surface area contributed by atoms with Gasteiger partial charge >= 0.3 is 0 Å². The minimum Gasteiger partial charge on any atom is -0.207 e. The molecule has 0 aliphatic heterocycles. The van der Waals surface area contributed by atoms with E-state index >= 15 is 0 Å². The third-order valence-corrected chi connectivity index (χ3v) is 4.69. The lowest BCUT2D eigenvalue weighted by molar-refractivity contribution is 0.613. The number of nitrogens with zero attached hydrogens (tertiary/aromatic N) is 1. The summed E-state index contributed by atoms with van der Waals surface area (Å²) >= 11 is 0. The monoisotopic (exact) mass is 395 g/mol. The number of nitriles is 1. The summed E-state index contributed by atoms with van der Waals surface area (Å²) in [6, 6.07) is 7.97. The highest BCUT2D eigenvalue weighted by molar-refractivity contribution is 5.65. The zero-order chi connectivity index (χ0) is 22.2. The first-order valence-corrected chi connectivity index (χ1v) is 10.7. The van der Waals surface area contributed by atoms with Crippen LogP contribution in [0.15, 0.2) is 60.5 Å². The first-order valence-electron chi connectivity index (χ1n) is 10.7. The van der Waals surface area contributed by atoms with E-state index in [1.807, 2.05) is 45.0 Å². The van der Waals surface area contributed by atoms with Crippen molar-refractivity contribution in [3.8, 4) is 6.07 Å². The Morgan fingerprint density at radius 3 is 2.31 bits per heavy atom. The molecule has 0 saturated carbocycles. The molecule has 0 radical (unpaired) electrons. The van der Waals surface area contributed by atoms with Crippen LogP contribution in [0, 0.1) is 11.3 Å². The third-order valence-electron chi connectivity index (χ3n) is 4.69. The molecule has 158 valence electrons. The summed E-state index contributed by atoms with van der Waals surface area (Å²) in [5.41, 5.74) is 5.80. The molecule has 1 aromatic carbocycles. The molecule has 0 atom stereocenters. The predicted molar refractivity (Wildman–Crippen MR) is 126 cm³/mol. The lowest BCUT2D eigenvalue weighted by atomic mass is 9.96. The standard InChI is InChI=1S/C14H23F.C13H15N/c1-5-7-8-9-10-13(4)14(15)11-12(3)6-2;1-4-5-12-8-11(9-14)6-7-13(12)10(2)3/h6,11H,4-5,7-10H2,1-3H3;6-8H,2,4-5H2,1,3H3/b12-6-,14-11+;. The van der Waals surface area contributed by atoms with Gasteiger partial charge in [-0.1, -0.05) is 76.0 Å². The minimum atomic E-state index is -0.165. The lowest BCUT2D eigenvalue weighted by Gasteiger charge is -2.08. The van der Waals surface area contributed by atoms with Crippen molar-refractivity contribution in [3.63, 3.8) is 0 Å². The van der Waals surface area contributed by atoms with Crippen molar-refractivity contribution in [2.45, 2.75) is 79.6 Å². The van der Waals surface area contributed by atoms with Crippen molar-refractivity contribution >= 4 is 5.57 Å². The average Bonchev–Trinajstić information content (AvgIpc) is 2.71. The second kappa shape index (κ2) is 15.5. The fourth-order valence-electron chi connectivity index (χ4n) is 2.83. The number of allylic oxidation sites excluding steroid dienone is 6. The van der Waals surface area contributed by atoms with Gasteiger partial charge in [0.1, 0.15) is 5.83 Å². The van der Waals surface area contributed by atoms with E-state index in [1.54, 1.807) is 6.08 Å². The average molecular weight is 396 g/mol. The number of unbranched alkanes of at least 4 members (excludes halogenated alkanes) is 3. The van der Waals surface area contributed by atoms with Crippen LogP contribution in [0.5, 0.6) is 0 Å². The van der Waals surface area contributed by atoms with E-state index in [-0.39, 0.29) is 5.83 Å². The summed E-state index contributed by atoms with van der Waals surface area (Å²) in [4.78, 5) is 0. The van der Waals surface area contributed by atoms with Crippen molar-refractivity contribution in [2.75, 3.05) is 0 Å². The van der Waals surface area contributed by atoms with Crippen LogP contribution in [0.2, 0.25) is 0 Å². The lowest BCUT2D eigenvalue weighted by Crippen LogP contribution is -1.92. The Bertz CT molecular complexity index is 759. The van der Waals surface area contributed by atoms with Crippen molar-refractivity contribution < 1.29 is 4.39 Å². The molecule has 0 spiro atoms. The second-order valence-corrected chi connectivity index (χ2v) is 7.45. The first kappa shape index (κ1) is 26.6. The van der Waals surface area contributed by atoms with E-state index in [0.717, 1.165) is 42.4 Å². The Morgan fingerprint density at radius 2 is 1.79 bits per heavy atom. The van der Waals surface area contributed by atoms with Crippen LogP contribution in [0.25, 0.3) is 5.57 Å². The maximum absolute atomic E-state index is 13.5. The highest BCUT2D eigenvalue weighted by Gasteiger charge is 2.03. The molecule has 1 rings (SSSR count). The second-order valence-electron chi connectivity index (χ2n) is 7.45. The molecule has 0 fully saturated rings. The molecule has 0 unspecified atom stereocenters. The third kappa shape index (κ3) is 11.3. The summed E-state index contributed by atoms with van der Waals surface area (Å²) in [6.45, 7) is 17.8. The van der Waals surface area contributed by atoms with Gasteiger partial charge in [0.05, 0.1) is 11.6 Å². The molecule has 0 aliphatic carbocycles. The van der Waals surface area contributed by atoms with Gasteiger partial charge in [-0.25, -0.2) is 4.39 Å². The van der Waals surface area contributed by atoms with Crippen LogP contribution < -0.4 is 0 Å². The smallest absolute Gasteiger partial charge is 0.126 e. The van der Waals surface area contributed by atoms with E-state index in [4.69, 9.17) is 5.26 Å². The number of hydrogen-bond donors (Lipinski definition) is 0. The summed E-state index contributed by atoms with van der Waals surface area (Å²) in [5.74, 6) is -0.165. The van der Waals surface area contributed by atoms with E-state index in [2.05, 4.69) is 33.1 Å². The van der Waals surface area contributed by atoms with Crippen molar-refractivity contribution in [1.29, 1.82) is 5.26 Å². The van der Waals surface area contributed by atoms with Crippen molar-refractivity contribution in [2.24, 2.45) is 0 Å². The van der Waals surface area contributed by atoms with Crippen molar-refractivity contribution in [3.05, 3.63) is 77.2 Å². The Kier molecular flexibility index (Phi) is 14.2. The van der Waals surface area contributed by atoms with Gasteiger partial charge in [0.2, 0.25) is 0 Å². The maximum atomic E-state index is 13.5. The molecule has 1 aromatic rings. The summed E-state index contributed by atoms with van der Waals surface area (Å²) in [5, 5.41) is 8.79. The van der Waals surface area contributed by atoms with E-state index in [9.17, 15) is 4.39 Å². The number of hydrogen-bond acceptors (Lipinski definition) is 1. The molecule has 0 saturated heterocycles. The van der Waals surface area contributed by atoms with E-state index < -0.39 is 0 Å². The molecule has 0 aliphatic rings. The molecule has 29 heavy (non-hydrogen) atoms. The molecule has 0 bridgehead atoms. The molecular weight excluding hydrogens is 357 g/mol. The number of halogens is 1. The molecule has 0 amide bonds. The van der Waals surface area contributed by atoms with Crippen molar-refractivity contribution in [1.82, 2.24) is 0 Å². The van der Waals surface area contributed by atoms with E-state index in [1.165, 1.54) is 30.4 Å². The Balaban J connectivity index is 0.000000541. The zero-order valence-electron chi connectivity index (χ0n) is 19.1. The van der Waals surface area contributed by atoms with Gasteiger partial charge in [0.15, 0.2) is 0 Å². The van der Waals surface area contributed by atoms with Gasteiger partial charge < -0.3 is 0 Å². The normalized spacial score (nSPS) is 11.3. The van der Waals surface area contributed by atoms with E-state index in [0.29, 0.717) is 5.57 Å². The largest absolute Gasteiger partial charge is 0.207 e. The first-order chi connectivity index (χ1) is 13.8. The summed E-state index contributed by atoms with van der Waals surface area (Å²) < 4.78 is 13.5. The summed E-state index contributed by atoms with van der Waals surface area (Å²) in [6.07, 6.45) is 11.0. The molecule has 0 N–H and O–H groups in total. The topological polar surface area (TPSA) is 23.8 Å². The minimum absolute atomic E-state index is 0.165. The Labute approximate surface area is 178 Å². The van der Waals surface area contributed by atoms with Crippen LogP contribution in [0.1, 0.15) is 89.8 Å². The van der Waals surface area contributed by atoms with Gasteiger partial charge in [-0.05, 0) is 74.9 Å². The highest BCUT2D eigenvalue weighted by Crippen LogP contribution is 2.20. The molecule has 0 heterocycles. The van der Waals surface area contributed by atoms with Crippen LogP contribution in [-0.2, 0) is 6.42 Å². The van der Waals surface area contributed by atoms with Gasteiger partial charge in [0, 0.05) is 0 Å². The van der Waals surface area contributed by atoms with Crippen LogP contribution in [-0.4, -0.2) is 0 Å². The SMILES string of the molecule is C=C(C)c1ccc(C#N)cc1CCC.C=C(CCCCCC)/C(F)=C\C(C)=C/C. The summed E-state index contributed by atoms with van der Waals surface area (Å²) in [7, 11) is 0. The number of benzene rings is 1. The Hall–Kier alpha value is -2.40. The maximum Gasteiger partial charge on any atom is 0.126 e. The number of rotatable bonds is 10. The zero-order valence-corrected chi connectivity index (χ0v) is 19.1. The van der Waals surface area contributed by atoms with Gasteiger partial charge in [-0.2, -0.15) is 5.26 Å². The quantitative estimate of drug-likeness (QED) is 0.286. The molecule has 1 nitrogen and oxygen atoms in total. The highest BCUT2D eigenvalue weighted by atomic mass is 19.1. The van der Waals surface area contributed by atoms with Crippen LogP contribution in [0.3, 0.4) is 0 Å². The predicted octanol–water partition coefficient (Wildman–Crippen LogP) is 8.88. The number of aryl methyl sites for hydroxylation is 1. The van der Waals surface area contributed by atoms with Gasteiger partial charge in [-0.3, -0.25) is 0 Å².